The Balaban J connectivity index is 2.44. The monoisotopic (exact) mass is 155 g/mol. The van der Waals surface area contributed by atoms with E-state index >= 15 is 0 Å². The molecule has 0 aromatic rings. The molecule has 1 amide bonds. The fraction of sp³-hybridized carbons (Fsp3) is 0.714. The molecule has 0 aromatic heterocycles. The average molecular weight is 155 g/mol. The van der Waals surface area contributed by atoms with E-state index in [0.717, 1.165) is 0 Å². The van der Waals surface area contributed by atoms with Crippen LogP contribution in [-0.4, -0.2) is 24.2 Å². The average Bonchev–Trinajstić information content (AvgIpc) is 1.93. The summed E-state index contributed by atoms with van der Waals surface area (Å²) in [4.78, 5) is 11.0. The van der Waals surface area contributed by atoms with Crippen molar-refractivity contribution in [1.29, 1.82) is 0 Å². The summed E-state index contributed by atoms with van der Waals surface area (Å²) in [5.74, 6) is -0.0406. The lowest BCUT2D eigenvalue weighted by molar-refractivity contribution is -0.123. The van der Waals surface area contributed by atoms with Crippen molar-refractivity contribution in [3.05, 3.63) is 0 Å². The van der Waals surface area contributed by atoms with E-state index in [1.807, 2.05) is 13.8 Å². The van der Waals surface area contributed by atoms with E-state index in [4.69, 9.17) is 0 Å². The van der Waals surface area contributed by atoms with Crippen LogP contribution >= 0.6 is 0 Å². The molecule has 1 aliphatic rings. The van der Waals surface area contributed by atoms with E-state index in [9.17, 15) is 4.79 Å². The minimum Gasteiger partial charge on any atom is -0.303 e. The molecule has 0 spiro atoms. The summed E-state index contributed by atoms with van der Waals surface area (Å²) in [5, 5.41) is 6.78. The van der Waals surface area contributed by atoms with Gasteiger partial charge in [-0.1, -0.05) is 13.8 Å². The Morgan fingerprint density at radius 1 is 1.82 bits per heavy atom. The van der Waals surface area contributed by atoms with Crippen LogP contribution in [0.25, 0.3) is 0 Å². The lowest BCUT2D eigenvalue weighted by Gasteiger charge is -2.20. The third-order valence-electron chi connectivity index (χ3n) is 1.46. The van der Waals surface area contributed by atoms with Crippen molar-refractivity contribution in [3.8, 4) is 0 Å². The summed E-state index contributed by atoms with van der Waals surface area (Å²) in [6.45, 7) is 4.03. The molecule has 1 heterocycles. The topological polar surface area (TPSA) is 53.5 Å². The molecule has 2 N–H and O–H groups in total. The lowest BCUT2D eigenvalue weighted by atomic mass is 10.1. The van der Waals surface area contributed by atoms with Crippen LogP contribution in [0, 0.1) is 0 Å². The number of nitrogens with one attached hydrogen (secondary N) is 2. The molecule has 0 saturated carbocycles. The zero-order chi connectivity index (χ0) is 8.27. The van der Waals surface area contributed by atoms with Gasteiger partial charge in [-0.2, -0.15) is 5.10 Å². The Kier molecular flexibility index (Phi) is 2.59. The number of nitrogens with zero attached hydrogens (tertiary/aromatic N) is 1. The molecule has 0 radical (unpaired) electrons. The normalized spacial score (nSPS) is 23.9. The standard InChI is InChI=1S/C7H13N3O/c1-5(2)9-6-3-4-8-10-7(6)11/h4-6,9H,3H2,1-2H3,(H,10,11). The highest BCUT2D eigenvalue weighted by atomic mass is 16.2. The van der Waals surface area contributed by atoms with Gasteiger partial charge in [0.2, 0.25) is 0 Å². The van der Waals surface area contributed by atoms with Crippen LogP contribution in [0.5, 0.6) is 0 Å². The first-order valence-corrected chi connectivity index (χ1v) is 3.77. The largest absolute Gasteiger partial charge is 0.303 e. The van der Waals surface area contributed by atoms with Gasteiger partial charge < -0.3 is 5.32 Å². The van der Waals surface area contributed by atoms with E-state index < -0.39 is 0 Å². The number of carbonyl (C=O) groups is 1. The molecule has 0 saturated heterocycles. The van der Waals surface area contributed by atoms with Gasteiger partial charge in [-0.25, -0.2) is 5.43 Å². The molecular weight excluding hydrogens is 142 g/mol. The van der Waals surface area contributed by atoms with Gasteiger partial charge in [0.1, 0.15) is 0 Å². The van der Waals surface area contributed by atoms with Gasteiger partial charge >= 0.3 is 0 Å². The predicted octanol–water partition coefficient (Wildman–Crippen LogP) is -0.141. The molecule has 1 aliphatic heterocycles. The molecule has 1 rings (SSSR count). The first-order chi connectivity index (χ1) is 5.20. The van der Waals surface area contributed by atoms with Crippen LogP contribution < -0.4 is 10.7 Å². The fourth-order valence-corrected chi connectivity index (χ4v) is 0.998. The van der Waals surface area contributed by atoms with Crippen LogP contribution in [0.3, 0.4) is 0 Å². The van der Waals surface area contributed by atoms with Crippen molar-refractivity contribution in [1.82, 2.24) is 10.7 Å². The Labute approximate surface area is 66.0 Å². The molecule has 0 bridgehead atoms. The molecule has 1 atom stereocenters. The van der Waals surface area contributed by atoms with E-state index in [0.29, 0.717) is 12.5 Å². The summed E-state index contributed by atoms with van der Waals surface area (Å²) in [6.07, 6.45) is 2.39. The van der Waals surface area contributed by atoms with Gasteiger partial charge in [-0.05, 0) is 0 Å². The van der Waals surface area contributed by atoms with E-state index in [1.54, 1.807) is 6.21 Å². The second kappa shape index (κ2) is 3.48. The fourth-order valence-electron chi connectivity index (χ4n) is 0.998. The maximum absolute atomic E-state index is 11.0. The van der Waals surface area contributed by atoms with E-state index in [2.05, 4.69) is 15.8 Å². The minimum absolute atomic E-state index is 0.0406. The van der Waals surface area contributed by atoms with Crippen molar-refractivity contribution < 1.29 is 4.79 Å². The van der Waals surface area contributed by atoms with Crippen LogP contribution in [-0.2, 0) is 4.79 Å². The Morgan fingerprint density at radius 3 is 3.09 bits per heavy atom. The van der Waals surface area contributed by atoms with Gasteiger partial charge in [0.25, 0.3) is 5.91 Å². The highest BCUT2D eigenvalue weighted by Crippen LogP contribution is 1.96. The van der Waals surface area contributed by atoms with Crippen molar-refractivity contribution >= 4 is 12.1 Å². The second-order valence-electron chi connectivity index (χ2n) is 2.90. The quantitative estimate of drug-likeness (QED) is 0.583. The molecule has 0 aromatic carbocycles. The SMILES string of the molecule is CC(C)NC1CC=NNC1=O. The van der Waals surface area contributed by atoms with Gasteiger partial charge in [0.05, 0.1) is 6.04 Å². The van der Waals surface area contributed by atoms with Gasteiger partial charge in [-0.15, -0.1) is 0 Å². The highest BCUT2D eigenvalue weighted by molar-refractivity contribution is 5.87. The second-order valence-corrected chi connectivity index (χ2v) is 2.90. The van der Waals surface area contributed by atoms with Crippen LogP contribution in [0.15, 0.2) is 5.10 Å². The summed E-state index contributed by atoms with van der Waals surface area (Å²) in [6, 6.07) is 0.227. The number of hydrogen-bond donors (Lipinski definition) is 2. The van der Waals surface area contributed by atoms with E-state index in [-0.39, 0.29) is 11.9 Å². The maximum Gasteiger partial charge on any atom is 0.257 e. The van der Waals surface area contributed by atoms with Gasteiger partial charge in [-0.3, -0.25) is 4.79 Å². The minimum atomic E-state index is -0.104. The van der Waals surface area contributed by atoms with Gasteiger partial charge in [0, 0.05) is 18.7 Å². The number of hydrogen-bond acceptors (Lipinski definition) is 3. The molecular formula is C7H13N3O. The van der Waals surface area contributed by atoms with Crippen molar-refractivity contribution in [2.24, 2.45) is 5.10 Å². The lowest BCUT2D eigenvalue weighted by Crippen LogP contribution is -2.47. The third-order valence-corrected chi connectivity index (χ3v) is 1.46. The molecule has 0 aliphatic carbocycles. The van der Waals surface area contributed by atoms with Gasteiger partial charge in [0.15, 0.2) is 0 Å². The summed E-state index contributed by atoms with van der Waals surface area (Å²) in [5.41, 5.74) is 2.41. The summed E-state index contributed by atoms with van der Waals surface area (Å²) in [7, 11) is 0. The molecule has 1 unspecified atom stereocenters. The molecule has 11 heavy (non-hydrogen) atoms. The zero-order valence-electron chi connectivity index (χ0n) is 6.79. The molecule has 4 nitrogen and oxygen atoms in total. The first kappa shape index (κ1) is 8.20. The summed E-state index contributed by atoms with van der Waals surface area (Å²) < 4.78 is 0. The predicted molar refractivity (Wildman–Crippen MR) is 43.3 cm³/mol. The Hall–Kier alpha value is -0.900. The van der Waals surface area contributed by atoms with Crippen LogP contribution in [0.4, 0.5) is 0 Å². The van der Waals surface area contributed by atoms with Crippen molar-refractivity contribution in [2.45, 2.75) is 32.4 Å². The molecule has 0 fully saturated rings. The number of hydrazone groups is 1. The summed E-state index contributed by atoms with van der Waals surface area (Å²) >= 11 is 0. The first-order valence-electron chi connectivity index (χ1n) is 3.77. The third kappa shape index (κ3) is 2.31. The number of rotatable bonds is 2. The zero-order valence-corrected chi connectivity index (χ0v) is 6.79. The highest BCUT2D eigenvalue weighted by Gasteiger charge is 2.19. The number of carbonyl (C=O) groups excluding carboxylic acids is 1. The Bertz CT molecular complexity index is 177. The smallest absolute Gasteiger partial charge is 0.257 e. The maximum atomic E-state index is 11.0. The van der Waals surface area contributed by atoms with Crippen molar-refractivity contribution in [3.63, 3.8) is 0 Å². The van der Waals surface area contributed by atoms with Crippen LogP contribution in [0.1, 0.15) is 20.3 Å². The van der Waals surface area contributed by atoms with E-state index in [1.165, 1.54) is 0 Å². The number of amides is 1. The molecule has 62 valence electrons. The van der Waals surface area contributed by atoms with Crippen LogP contribution in [0.2, 0.25) is 0 Å². The van der Waals surface area contributed by atoms with Crippen molar-refractivity contribution in [2.75, 3.05) is 0 Å². The Morgan fingerprint density at radius 2 is 2.55 bits per heavy atom. The molecule has 4 heteroatoms.